The molecule has 0 aliphatic rings. The van der Waals surface area contributed by atoms with E-state index < -0.39 is 0 Å². The lowest BCUT2D eigenvalue weighted by Crippen LogP contribution is -3.00. The van der Waals surface area contributed by atoms with Gasteiger partial charge in [0.2, 0.25) is 0 Å². The number of aromatic nitrogens is 2. The Morgan fingerprint density at radius 3 is 1.63 bits per heavy atom. The molecule has 2 nitrogen and oxygen atoms in total. The lowest BCUT2D eigenvalue weighted by Gasteiger charge is -2.03. The fraction of sp³-hybridized carbons (Fsp3) is 0.875. The summed E-state index contributed by atoms with van der Waals surface area (Å²) >= 11 is 0. The van der Waals surface area contributed by atoms with Gasteiger partial charge in [0.1, 0.15) is 12.4 Å². The van der Waals surface area contributed by atoms with Crippen molar-refractivity contribution >= 4 is 0 Å². The Morgan fingerprint density at radius 1 is 0.667 bits per heavy atom. The Kier molecular flexibility index (Phi) is 18.5. The summed E-state index contributed by atoms with van der Waals surface area (Å²) in [5, 5.41) is 0. The summed E-state index contributed by atoms with van der Waals surface area (Å²) in [5.74, 6) is 1.44. The van der Waals surface area contributed by atoms with Gasteiger partial charge in [-0.15, -0.1) is 0 Å². The maximum absolute atomic E-state index is 2.46. The van der Waals surface area contributed by atoms with E-state index in [1.807, 2.05) is 0 Å². The molecule has 1 aromatic heterocycles. The molecule has 0 amide bonds. The number of rotatable bonds is 18. The third-order valence-electron chi connectivity index (χ3n) is 5.76. The Balaban J connectivity index is 0.00000676. The van der Waals surface area contributed by atoms with Crippen molar-refractivity contribution in [2.75, 3.05) is 0 Å². The maximum Gasteiger partial charge on any atom is 0.253 e. The van der Waals surface area contributed by atoms with E-state index in [0.717, 1.165) is 0 Å². The highest BCUT2D eigenvalue weighted by Gasteiger charge is 2.11. The van der Waals surface area contributed by atoms with Gasteiger partial charge in [0.25, 0.3) is 5.82 Å². The zero-order valence-corrected chi connectivity index (χ0v) is 19.4. The zero-order chi connectivity index (χ0) is 18.9. The number of nitrogens with zero attached hydrogens (tertiary/aromatic N) is 2. The summed E-state index contributed by atoms with van der Waals surface area (Å²) in [5.41, 5.74) is 0. The van der Waals surface area contributed by atoms with E-state index in [0.29, 0.717) is 0 Å². The van der Waals surface area contributed by atoms with Crippen molar-refractivity contribution in [3.05, 3.63) is 18.2 Å². The number of aryl methyl sites for hydroxylation is 2. The average Bonchev–Trinajstić information content (AvgIpc) is 2.99. The molecule has 0 aliphatic heterocycles. The highest BCUT2D eigenvalue weighted by Crippen LogP contribution is 2.11. The van der Waals surface area contributed by atoms with Crippen molar-refractivity contribution in [3.8, 4) is 0 Å². The van der Waals surface area contributed by atoms with Crippen LogP contribution >= 0.6 is 0 Å². The van der Waals surface area contributed by atoms with Crippen LogP contribution in [-0.4, -0.2) is 4.57 Å². The van der Waals surface area contributed by atoms with Gasteiger partial charge >= 0.3 is 0 Å². The van der Waals surface area contributed by atoms with Crippen LogP contribution in [0.3, 0.4) is 0 Å². The second-order valence-corrected chi connectivity index (χ2v) is 8.18. The van der Waals surface area contributed by atoms with Gasteiger partial charge < -0.3 is 12.4 Å². The van der Waals surface area contributed by atoms with Crippen LogP contribution in [0.2, 0.25) is 0 Å². The summed E-state index contributed by atoms with van der Waals surface area (Å²) in [7, 11) is 0. The van der Waals surface area contributed by atoms with Crippen LogP contribution in [0.5, 0.6) is 0 Å². The predicted molar refractivity (Wildman–Crippen MR) is 115 cm³/mol. The van der Waals surface area contributed by atoms with Crippen LogP contribution in [0.1, 0.15) is 122 Å². The molecule has 0 unspecified atom stereocenters. The number of hydrogen-bond acceptors (Lipinski definition) is 0. The molecule has 3 heteroatoms. The number of unbranched alkanes of at least 4 members (excludes halogenated alkanes) is 14. The van der Waals surface area contributed by atoms with E-state index in [-0.39, 0.29) is 12.4 Å². The first-order valence-electron chi connectivity index (χ1n) is 11.8. The summed E-state index contributed by atoms with van der Waals surface area (Å²) in [6, 6.07) is 0. The standard InChI is InChI=1S/C24H47N2.ClH/c1-4-6-8-10-12-13-14-15-17-19-21-26-23-22-25(24(26)3)20-18-16-11-9-7-5-2;/h22-23H,4-21H2,1-3H3;1H/q+1;/p-1. The first-order valence-corrected chi connectivity index (χ1v) is 11.8. The third kappa shape index (κ3) is 13.3. The molecule has 1 aromatic rings. The molecule has 27 heavy (non-hydrogen) atoms. The lowest BCUT2D eigenvalue weighted by atomic mass is 10.1. The van der Waals surface area contributed by atoms with Crippen LogP contribution in [0.15, 0.2) is 12.4 Å². The van der Waals surface area contributed by atoms with Crippen molar-refractivity contribution in [1.29, 1.82) is 0 Å². The summed E-state index contributed by atoms with van der Waals surface area (Å²) in [4.78, 5) is 0. The van der Waals surface area contributed by atoms with Gasteiger partial charge in [-0.25, -0.2) is 9.13 Å². The Hall–Kier alpha value is -0.500. The molecule has 1 rings (SSSR count). The monoisotopic (exact) mass is 398 g/mol. The summed E-state index contributed by atoms with van der Waals surface area (Å²) in [6.45, 7) is 9.27. The quantitative estimate of drug-likeness (QED) is 0.256. The van der Waals surface area contributed by atoms with Crippen molar-refractivity contribution in [2.45, 2.75) is 137 Å². The second-order valence-electron chi connectivity index (χ2n) is 8.18. The molecule has 160 valence electrons. The lowest BCUT2D eigenvalue weighted by molar-refractivity contribution is -0.702. The van der Waals surface area contributed by atoms with Crippen LogP contribution < -0.4 is 17.0 Å². The molecular weight excluding hydrogens is 352 g/mol. The molecule has 0 N–H and O–H groups in total. The molecular formula is C24H47ClN2. The Labute approximate surface area is 176 Å². The maximum atomic E-state index is 2.46. The number of imidazole rings is 1. The van der Waals surface area contributed by atoms with E-state index in [1.165, 1.54) is 122 Å². The summed E-state index contributed by atoms with van der Waals surface area (Å²) in [6.07, 6.45) is 27.0. The number of hydrogen-bond donors (Lipinski definition) is 0. The van der Waals surface area contributed by atoms with Crippen molar-refractivity contribution < 1.29 is 17.0 Å². The van der Waals surface area contributed by atoms with Gasteiger partial charge in [-0.05, 0) is 25.7 Å². The first-order chi connectivity index (χ1) is 12.8. The van der Waals surface area contributed by atoms with Crippen molar-refractivity contribution in [3.63, 3.8) is 0 Å². The molecule has 0 aliphatic carbocycles. The van der Waals surface area contributed by atoms with E-state index >= 15 is 0 Å². The predicted octanol–water partition coefficient (Wildman–Crippen LogP) is 4.37. The van der Waals surface area contributed by atoms with Gasteiger partial charge in [0.05, 0.1) is 13.1 Å². The van der Waals surface area contributed by atoms with Crippen LogP contribution in [0.4, 0.5) is 0 Å². The highest BCUT2D eigenvalue weighted by atomic mass is 35.5. The fourth-order valence-electron chi connectivity index (χ4n) is 3.85. The van der Waals surface area contributed by atoms with Gasteiger partial charge in [0, 0.05) is 6.92 Å². The molecule has 0 bridgehead atoms. The van der Waals surface area contributed by atoms with Crippen molar-refractivity contribution in [1.82, 2.24) is 4.57 Å². The minimum Gasteiger partial charge on any atom is -1.00 e. The van der Waals surface area contributed by atoms with Crippen molar-refractivity contribution in [2.24, 2.45) is 0 Å². The fourth-order valence-corrected chi connectivity index (χ4v) is 3.85. The molecule has 0 saturated heterocycles. The van der Waals surface area contributed by atoms with Crippen LogP contribution in [0, 0.1) is 6.92 Å². The smallest absolute Gasteiger partial charge is 0.253 e. The SMILES string of the molecule is CCCCCCCCCCCC[n+]1ccn(CCCCCCCC)c1C.[Cl-]. The minimum absolute atomic E-state index is 0. The molecule has 0 spiro atoms. The van der Waals surface area contributed by atoms with E-state index in [2.05, 4.69) is 42.3 Å². The molecule has 0 aromatic carbocycles. The second kappa shape index (κ2) is 18.8. The highest BCUT2D eigenvalue weighted by molar-refractivity contribution is 4.79. The first kappa shape index (κ1) is 26.5. The average molecular weight is 399 g/mol. The largest absolute Gasteiger partial charge is 1.00 e. The molecule has 0 saturated carbocycles. The number of halogens is 1. The Morgan fingerprint density at radius 2 is 1.11 bits per heavy atom. The van der Waals surface area contributed by atoms with Crippen LogP contribution in [-0.2, 0) is 13.1 Å². The third-order valence-corrected chi connectivity index (χ3v) is 5.76. The van der Waals surface area contributed by atoms with Gasteiger partial charge in [-0.2, -0.15) is 0 Å². The van der Waals surface area contributed by atoms with E-state index in [1.54, 1.807) is 0 Å². The van der Waals surface area contributed by atoms with Crippen LogP contribution in [0.25, 0.3) is 0 Å². The van der Waals surface area contributed by atoms with Gasteiger partial charge in [-0.1, -0.05) is 90.9 Å². The molecule has 0 fully saturated rings. The zero-order valence-electron chi connectivity index (χ0n) is 18.7. The molecule has 0 radical (unpaired) electrons. The van der Waals surface area contributed by atoms with Gasteiger partial charge in [-0.3, -0.25) is 0 Å². The Bertz CT molecular complexity index is 428. The van der Waals surface area contributed by atoms with E-state index in [4.69, 9.17) is 0 Å². The summed E-state index contributed by atoms with van der Waals surface area (Å²) < 4.78 is 4.91. The molecule has 0 atom stereocenters. The molecule has 1 heterocycles. The topological polar surface area (TPSA) is 8.81 Å². The van der Waals surface area contributed by atoms with Gasteiger partial charge in [0.15, 0.2) is 0 Å². The van der Waals surface area contributed by atoms with E-state index in [9.17, 15) is 0 Å². The minimum atomic E-state index is 0. The normalized spacial score (nSPS) is 10.9.